The highest BCUT2D eigenvalue weighted by Gasteiger charge is 2.50. The lowest BCUT2D eigenvalue weighted by molar-refractivity contribution is -0.154. The average molecular weight is 361 g/mol. The zero-order valence-electron chi connectivity index (χ0n) is 14.0. The van der Waals surface area contributed by atoms with Crippen LogP contribution in [0.2, 0.25) is 5.02 Å². The molecule has 0 atom stereocenters. The molecule has 0 N–H and O–H groups in total. The van der Waals surface area contributed by atoms with E-state index in [9.17, 15) is 14.4 Å². The van der Waals surface area contributed by atoms with Gasteiger partial charge in [0.2, 0.25) is 17.7 Å². The molecule has 0 bridgehead atoms. The molecule has 4 rings (SSSR count). The second-order valence-corrected chi connectivity index (χ2v) is 7.75. The van der Waals surface area contributed by atoms with Gasteiger partial charge in [0.15, 0.2) is 0 Å². The number of imide groups is 1. The van der Waals surface area contributed by atoms with Crippen LogP contribution < -0.4 is 0 Å². The van der Waals surface area contributed by atoms with Gasteiger partial charge < -0.3 is 4.90 Å². The summed E-state index contributed by atoms with van der Waals surface area (Å²) in [6.07, 6.45) is 4.37. The zero-order valence-corrected chi connectivity index (χ0v) is 14.8. The molecule has 0 aromatic heterocycles. The number of likely N-dealkylation sites (tertiary alicyclic amines) is 2. The summed E-state index contributed by atoms with van der Waals surface area (Å²) in [5, 5.41) is 0.666. The number of hydrogen-bond donors (Lipinski definition) is 0. The van der Waals surface area contributed by atoms with Gasteiger partial charge in [-0.15, -0.1) is 0 Å². The van der Waals surface area contributed by atoms with E-state index in [1.54, 1.807) is 0 Å². The van der Waals surface area contributed by atoms with Gasteiger partial charge in [0.25, 0.3) is 0 Å². The molecule has 3 amide bonds. The van der Waals surface area contributed by atoms with Crippen molar-refractivity contribution in [1.82, 2.24) is 9.80 Å². The number of halogens is 1. The van der Waals surface area contributed by atoms with Crippen LogP contribution in [-0.2, 0) is 19.8 Å². The van der Waals surface area contributed by atoms with Gasteiger partial charge in [-0.1, -0.05) is 36.6 Å². The number of benzene rings is 1. The summed E-state index contributed by atoms with van der Waals surface area (Å²) in [4.78, 5) is 40.2. The Labute approximate surface area is 151 Å². The van der Waals surface area contributed by atoms with Crippen LogP contribution >= 0.6 is 11.6 Å². The highest BCUT2D eigenvalue weighted by atomic mass is 35.5. The van der Waals surface area contributed by atoms with E-state index in [1.807, 2.05) is 29.2 Å². The second kappa shape index (κ2) is 6.13. The fourth-order valence-corrected chi connectivity index (χ4v) is 4.59. The van der Waals surface area contributed by atoms with Crippen molar-refractivity contribution >= 4 is 29.3 Å². The Morgan fingerprint density at radius 3 is 2.12 bits per heavy atom. The molecule has 3 aliphatic rings. The van der Waals surface area contributed by atoms with Gasteiger partial charge in [0, 0.05) is 31.0 Å². The number of hydrogen-bond acceptors (Lipinski definition) is 3. The smallest absolute Gasteiger partial charge is 0.233 e. The molecule has 2 heterocycles. The first-order chi connectivity index (χ1) is 12.0. The summed E-state index contributed by atoms with van der Waals surface area (Å²) in [6.45, 7) is 0.928. The molecule has 2 aliphatic heterocycles. The summed E-state index contributed by atoms with van der Waals surface area (Å²) >= 11 is 6.00. The molecule has 6 heteroatoms. The highest BCUT2D eigenvalue weighted by Crippen LogP contribution is 2.44. The molecule has 3 fully saturated rings. The summed E-state index contributed by atoms with van der Waals surface area (Å²) in [6, 6.07) is 7.44. The second-order valence-electron chi connectivity index (χ2n) is 7.32. The normalized spacial score (nSPS) is 23.2. The molecule has 1 saturated carbocycles. The Bertz CT molecular complexity index is 703. The number of nitrogens with zero attached hydrogens (tertiary/aromatic N) is 2. The van der Waals surface area contributed by atoms with Crippen molar-refractivity contribution in [3.8, 4) is 0 Å². The quantitative estimate of drug-likeness (QED) is 0.778. The van der Waals surface area contributed by atoms with Crippen molar-refractivity contribution in [1.29, 1.82) is 0 Å². The molecule has 5 nitrogen and oxygen atoms in total. The van der Waals surface area contributed by atoms with Gasteiger partial charge in [-0.2, -0.15) is 0 Å². The van der Waals surface area contributed by atoms with Crippen molar-refractivity contribution in [2.45, 2.75) is 50.0 Å². The van der Waals surface area contributed by atoms with E-state index >= 15 is 0 Å². The molecule has 1 aromatic carbocycles. The monoisotopic (exact) mass is 360 g/mol. The first kappa shape index (κ1) is 16.6. The maximum atomic E-state index is 13.3. The number of rotatable bonds is 3. The summed E-state index contributed by atoms with van der Waals surface area (Å²) in [7, 11) is 0. The van der Waals surface area contributed by atoms with E-state index in [4.69, 9.17) is 11.6 Å². The Morgan fingerprint density at radius 2 is 1.56 bits per heavy atom. The van der Waals surface area contributed by atoms with Crippen LogP contribution in [0, 0.1) is 0 Å². The first-order valence-corrected chi connectivity index (χ1v) is 9.29. The molecule has 0 spiro atoms. The number of amides is 3. The van der Waals surface area contributed by atoms with Crippen molar-refractivity contribution in [2.24, 2.45) is 0 Å². The lowest BCUT2D eigenvalue weighted by Gasteiger charge is -2.46. The minimum atomic E-state index is -0.478. The summed E-state index contributed by atoms with van der Waals surface area (Å²) in [5.74, 6) is -0.0755. The van der Waals surface area contributed by atoms with Crippen molar-refractivity contribution in [2.75, 3.05) is 13.1 Å². The molecule has 132 valence electrons. The van der Waals surface area contributed by atoms with Crippen LogP contribution in [0.25, 0.3) is 0 Å². The fraction of sp³-hybridized carbons (Fsp3) is 0.526. The van der Waals surface area contributed by atoms with E-state index in [0.29, 0.717) is 31.0 Å². The molecule has 0 radical (unpaired) electrons. The Kier molecular flexibility index (Phi) is 4.07. The molecule has 25 heavy (non-hydrogen) atoms. The van der Waals surface area contributed by atoms with Crippen LogP contribution in [0.1, 0.15) is 44.1 Å². The highest BCUT2D eigenvalue weighted by molar-refractivity contribution is 6.30. The van der Waals surface area contributed by atoms with E-state index in [-0.39, 0.29) is 23.8 Å². The van der Waals surface area contributed by atoms with E-state index in [1.165, 1.54) is 4.90 Å². The number of carbonyl (C=O) groups excluding carboxylic acids is 3. The van der Waals surface area contributed by atoms with Crippen LogP contribution in [0.5, 0.6) is 0 Å². The number of carbonyl (C=O) groups is 3. The van der Waals surface area contributed by atoms with Crippen molar-refractivity contribution in [3.63, 3.8) is 0 Å². The van der Waals surface area contributed by atoms with Crippen LogP contribution in [0.4, 0.5) is 0 Å². The van der Waals surface area contributed by atoms with Crippen LogP contribution in [0.3, 0.4) is 0 Å². The zero-order chi connectivity index (χ0) is 17.6. The fourth-order valence-electron chi connectivity index (χ4n) is 4.46. The largest absolute Gasteiger partial charge is 0.338 e. The van der Waals surface area contributed by atoms with E-state index in [2.05, 4.69) is 0 Å². The topological polar surface area (TPSA) is 57.7 Å². The molecule has 1 aromatic rings. The maximum Gasteiger partial charge on any atom is 0.233 e. The molecule has 1 aliphatic carbocycles. The van der Waals surface area contributed by atoms with E-state index < -0.39 is 5.41 Å². The van der Waals surface area contributed by atoms with Crippen molar-refractivity contribution < 1.29 is 14.4 Å². The van der Waals surface area contributed by atoms with Crippen LogP contribution in [0.15, 0.2) is 24.3 Å². The van der Waals surface area contributed by atoms with Gasteiger partial charge in [0.1, 0.15) is 0 Å². The molecule has 2 saturated heterocycles. The Balaban J connectivity index is 1.51. The minimum absolute atomic E-state index is 0.102. The molecular formula is C19H21ClN2O3. The van der Waals surface area contributed by atoms with Gasteiger partial charge in [-0.3, -0.25) is 19.3 Å². The standard InChI is InChI=1S/C19H21ClN2O3/c20-14-5-3-13(4-6-14)19(9-1-2-10-19)18(25)21-11-15(12-21)22-16(23)7-8-17(22)24/h3-6,15H,1-2,7-12H2. The lowest BCUT2D eigenvalue weighted by Crippen LogP contribution is -2.64. The maximum absolute atomic E-state index is 13.3. The average Bonchev–Trinajstić information content (AvgIpc) is 3.17. The Morgan fingerprint density at radius 1 is 1.00 bits per heavy atom. The van der Waals surface area contributed by atoms with Gasteiger partial charge in [0.05, 0.1) is 11.5 Å². The van der Waals surface area contributed by atoms with E-state index in [0.717, 1.165) is 31.2 Å². The third-order valence-corrected chi connectivity index (χ3v) is 6.12. The van der Waals surface area contributed by atoms with Gasteiger partial charge in [-0.05, 0) is 30.5 Å². The van der Waals surface area contributed by atoms with Crippen molar-refractivity contribution in [3.05, 3.63) is 34.9 Å². The summed E-state index contributed by atoms with van der Waals surface area (Å²) < 4.78 is 0. The van der Waals surface area contributed by atoms with Gasteiger partial charge in [-0.25, -0.2) is 0 Å². The Hall–Kier alpha value is -1.88. The first-order valence-electron chi connectivity index (χ1n) is 8.91. The predicted molar refractivity (Wildman–Crippen MR) is 93.1 cm³/mol. The molecule has 0 unspecified atom stereocenters. The predicted octanol–water partition coefficient (Wildman–Crippen LogP) is 2.51. The SMILES string of the molecule is O=C1CCC(=O)N1C1CN(C(=O)C2(c3ccc(Cl)cc3)CCCC2)C1. The third kappa shape index (κ3) is 2.65. The third-order valence-electron chi connectivity index (χ3n) is 5.87. The molecular weight excluding hydrogens is 340 g/mol. The van der Waals surface area contributed by atoms with Gasteiger partial charge >= 0.3 is 0 Å². The minimum Gasteiger partial charge on any atom is -0.338 e. The summed E-state index contributed by atoms with van der Waals surface area (Å²) in [5.41, 5.74) is 0.547. The van der Waals surface area contributed by atoms with Crippen LogP contribution in [-0.4, -0.2) is 46.7 Å². The lowest BCUT2D eigenvalue weighted by atomic mass is 9.76.